The molecule has 28 heavy (non-hydrogen) atoms. The lowest BCUT2D eigenvalue weighted by Gasteiger charge is -2.15. The number of nitrogens with one attached hydrogen (secondary N) is 2. The van der Waals surface area contributed by atoms with Crippen LogP contribution >= 0.6 is 0 Å². The lowest BCUT2D eigenvalue weighted by atomic mass is 9.99. The third kappa shape index (κ3) is 5.94. The van der Waals surface area contributed by atoms with Gasteiger partial charge < -0.3 is 15.7 Å². The standard InChI is InChI=1S/C22H26N2O4/c1-14(2)11-20(25)24-19-10-9-17(12-15(19)3)21(26)23-13-18(22(27)28)16-7-5-4-6-8-16/h4-10,12,14,18H,11,13H2,1-3H3,(H,23,26)(H,24,25)(H,27,28). The Labute approximate surface area is 165 Å². The predicted octanol–water partition coefficient (Wildman–Crippen LogP) is 3.58. The van der Waals surface area contributed by atoms with Gasteiger partial charge in [0.15, 0.2) is 0 Å². The molecule has 0 aliphatic carbocycles. The van der Waals surface area contributed by atoms with E-state index in [1.165, 1.54) is 0 Å². The summed E-state index contributed by atoms with van der Waals surface area (Å²) in [6.45, 7) is 5.75. The van der Waals surface area contributed by atoms with E-state index in [9.17, 15) is 19.5 Å². The van der Waals surface area contributed by atoms with Crippen molar-refractivity contribution in [2.45, 2.75) is 33.1 Å². The second kappa shape index (κ2) is 9.69. The number of carboxylic acid groups (broad SMARTS) is 1. The maximum absolute atomic E-state index is 12.4. The predicted molar refractivity (Wildman–Crippen MR) is 108 cm³/mol. The minimum Gasteiger partial charge on any atom is -0.481 e. The van der Waals surface area contributed by atoms with Crippen molar-refractivity contribution >= 4 is 23.5 Å². The van der Waals surface area contributed by atoms with Crippen LogP contribution in [0.4, 0.5) is 5.69 Å². The first-order valence-electron chi connectivity index (χ1n) is 9.24. The summed E-state index contributed by atoms with van der Waals surface area (Å²) >= 11 is 0. The minimum atomic E-state index is -0.995. The summed E-state index contributed by atoms with van der Waals surface area (Å²) in [6.07, 6.45) is 0.428. The molecule has 0 saturated heterocycles. The summed E-state index contributed by atoms with van der Waals surface area (Å²) in [5.41, 5.74) is 2.48. The van der Waals surface area contributed by atoms with Crippen molar-refractivity contribution in [1.82, 2.24) is 5.32 Å². The van der Waals surface area contributed by atoms with Crippen molar-refractivity contribution in [3.63, 3.8) is 0 Å². The molecular formula is C22H26N2O4. The highest BCUT2D eigenvalue weighted by Crippen LogP contribution is 2.19. The van der Waals surface area contributed by atoms with Gasteiger partial charge in [-0.15, -0.1) is 0 Å². The van der Waals surface area contributed by atoms with E-state index in [1.54, 1.807) is 42.5 Å². The van der Waals surface area contributed by atoms with E-state index in [1.807, 2.05) is 26.8 Å². The highest BCUT2D eigenvalue weighted by atomic mass is 16.4. The molecule has 1 atom stereocenters. The van der Waals surface area contributed by atoms with Gasteiger partial charge in [0.2, 0.25) is 5.91 Å². The molecule has 3 N–H and O–H groups in total. The highest BCUT2D eigenvalue weighted by Gasteiger charge is 2.21. The normalized spacial score (nSPS) is 11.7. The number of benzene rings is 2. The second-order valence-corrected chi connectivity index (χ2v) is 7.19. The van der Waals surface area contributed by atoms with Crippen LogP contribution in [0.3, 0.4) is 0 Å². The van der Waals surface area contributed by atoms with Crippen LogP contribution < -0.4 is 10.6 Å². The molecule has 6 nitrogen and oxygen atoms in total. The van der Waals surface area contributed by atoms with E-state index in [0.29, 0.717) is 23.2 Å². The second-order valence-electron chi connectivity index (χ2n) is 7.19. The third-order valence-electron chi connectivity index (χ3n) is 4.32. The van der Waals surface area contributed by atoms with E-state index in [2.05, 4.69) is 10.6 Å². The number of aryl methyl sites for hydroxylation is 1. The summed E-state index contributed by atoms with van der Waals surface area (Å²) < 4.78 is 0. The number of carboxylic acids is 1. The van der Waals surface area contributed by atoms with Crippen LogP contribution in [0.25, 0.3) is 0 Å². The Morgan fingerprint density at radius 3 is 2.29 bits per heavy atom. The molecule has 0 saturated carbocycles. The lowest BCUT2D eigenvalue weighted by molar-refractivity contribution is -0.138. The Morgan fingerprint density at radius 1 is 1.04 bits per heavy atom. The Balaban J connectivity index is 2.03. The SMILES string of the molecule is Cc1cc(C(=O)NCC(C(=O)O)c2ccccc2)ccc1NC(=O)CC(C)C. The fourth-order valence-corrected chi connectivity index (χ4v) is 2.85. The van der Waals surface area contributed by atoms with Gasteiger partial charge in [-0.25, -0.2) is 0 Å². The zero-order chi connectivity index (χ0) is 20.7. The first-order valence-corrected chi connectivity index (χ1v) is 9.24. The maximum atomic E-state index is 12.4. The molecule has 2 aromatic rings. The molecule has 0 aliphatic heterocycles. The molecule has 0 radical (unpaired) electrons. The molecule has 0 fully saturated rings. The summed E-state index contributed by atoms with van der Waals surface area (Å²) in [7, 11) is 0. The molecule has 1 unspecified atom stereocenters. The van der Waals surface area contributed by atoms with Gasteiger partial charge in [0.05, 0.1) is 5.92 Å². The maximum Gasteiger partial charge on any atom is 0.312 e. The molecule has 6 heteroatoms. The number of aliphatic carboxylic acids is 1. The molecule has 0 aromatic heterocycles. The van der Waals surface area contributed by atoms with Crippen LogP contribution in [0.1, 0.15) is 47.7 Å². The molecule has 0 bridgehead atoms. The zero-order valence-corrected chi connectivity index (χ0v) is 16.4. The highest BCUT2D eigenvalue weighted by molar-refractivity contribution is 5.96. The van der Waals surface area contributed by atoms with E-state index < -0.39 is 11.9 Å². The van der Waals surface area contributed by atoms with Crippen LogP contribution in [-0.2, 0) is 9.59 Å². The molecule has 2 aromatic carbocycles. The van der Waals surface area contributed by atoms with Crippen LogP contribution in [-0.4, -0.2) is 29.4 Å². The van der Waals surface area contributed by atoms with E-state index in [0.717, 1.165) is 5.56 Å². The Bertz CT molecular complexity index is 847. The Morgan fingerprint density at radius 2 is 1.71 bits per heavy atom. The summed E-state index contributed by atoms with van der Waals surface area (Å²) in [5.74, 6) is -1.98. The molecule has 2 amide bonds. The van der Waals surface area contributed by atoms with Crippen LogP contribution in [0.2, 0.25) is 0 Å². The molecule has 0 aliphatic rings. The topological polar surface area (TPSA) is 95.5 Å². The molecule has 0 heterocycles. The van der Waals surface area contributed by atoms with Crippen LogP contribution in [0, 0.1) is 12.8 Å². The molecular weight excluding hydrogens is 356 g/mol. The number of amides is 2. The minimum absolute atomic E-state index is 0.00982. The lowest BCUT2D eigenvalue weighted by Crippen LogP contribution is -2.31. The third-order valence-corrected chi connectivity index (χ3v) is 4.32. The summed E-state index contributed by atoms with van der Waals surface area (Å²) in [4.78, 5) is 35.9. The average molecular weight is 382 g/mol. The number of carbonyl (C=O) groups excluding carboxylic acids is 2. The van der Waals surface area contributed by atoms with Gasteiger partial charge in [0.25, 0.3) is 5.91 Å². The Hall–Kier alpha value is -3.15. The van der Waals surface area contributed by atoms with Gasteiger partial charge in [-0.2, -0.15) is 0 Å². The molecule has 2 rings (SSSR count). The van der Waals surface area contributed by atoms with Gasteiger partial charge >= 0.3 is 5.97 Å². The van der Waals surface area contributed by atoms with Crippen molar-refractivity contribution in [2.24, 2.45) is 5.92 Å². The summed E-state index contributed by atoms with van der Waals surface area (Å²) in [6, 6.07) is 13.8. The average Bonchev–Trinajstić information content (AvgIpc) is 2.63. The fraction of sp³-hybridized carbons (Fsp3) is 0.318. The first kappa shape index (κ1) is 21.2. The fourth-order valence-electron chi connectivity index (χ4n) is 2.85. The van der Waals surface area contributed by atoms with Gasteiger partial charge in [-0.3, -0.25) is 14.4 Å². The molecule has 0 spiro atoms. The van der Waals surface area contributed by atoms with Crippen molar-refractivity contribution < 1.29 is 19.5 Å². The smallest absolute Gasteiger partial charge is 0.312 e. The van der Waals surface area contributed by atoms with Crippen molar-refractivity contribution in [3.8, 4) is 0 Å². The number of rotatable bonds is 8. The monoisotopic (exact) mass is 382 g/mol. The van der Waals surface area contributed by atoms with Gasteiger partial charge in [-0.1, -0.05) is 44.2 Å². The first-order chi connectivity index (χ1) is 13.3. The van der Waals surface area contributed by atoms with E-state index >= 15 is 0 Å². The van der Waals surface area contributed by atoms with Crippen molar-refractivity contribution in [1.29, 1.82) is 0 Å². The largest absolute Gasteiger partial charge is 0.481 e. The van der Waals surface area contributed by atoms with Crippen LogP contribution in [0.15, 0.2) is 48.5 Å². The zero-order valence-electron chi connectivity index (χ0n) is 16.4. The quantitative estimate of drug-likeness (QED) is 0.650. The molecule has 148 valence electrons. The number of anilines is 1. The van der Waals surface area contributed by atoms with E-state index in [-0.39, 0.29) is 24.3 Å². The van der Waals surface area contributed by atoms with Crippen molar-refractivity contribution in [2.75, 3.05) is 11.9 Å². The van der Waals surface area contributed by atoms with Gasteiger partial charge in [-0.05, 0) is 42.2 Å². The number of carbonyl (C=O) groups is 3. The summed E-state index contributed by atoms with van der Waals surface area (Å²) in [5, 5.41) is 15.0. The Kier molecular flexibility index (Phi) is 7.32. The van der Waals surface area contributed by atoms with Gasteiger partial charge in [0.1, 0.15) is 0 Å². The van der Waals surface area contributed by atoms with E-state index in [4.69, 9.17) is 0 Å². The number of hydrogen-bond acceptors (Lipinski definition) is 3. The van der Waals surface area contributed by atoms with Gasteiger partial charge in [0, 0.05) is 24.2 Å². The van der Waals surface area contributed by atoms with Crippen molar-refractivity contribution in [3.05, 3.63) is 65.2 Å². The number of hydrogen-bond donors (Lipinski definition) is 3. The van der Waals surface area contributed by atoms with Crippen LogP contribution in [0.5, 0.6) is 0 Å².